The molecule has 1 aliphatic rings. The second-order valence-electron chi connectivity index (χ2n) is 8.55. The van der Waals surface area contributed by atoms with Crippen LogP contribution in [0.1, 0.15) is 55.9 Å². The maximum Gasteiger partial charge on any atom is 0.289 e. The molecule has 0 saturated carbocycles. The van der Waals surface area contributed by atoms with E-state index in [1.54, 1.807) is 11.4 Å². The molecule has 2 aromatic carbocycles. The summed E-state index contributed by atoms with van der Waals surface area (Å²) in [7, 11) is 0. The third-order valence-electron chi connectivity index (χ3n) is 6.21. The molecule has 4 aromatic rings. The molecule has 0 atom stereocenters. The van der Waals surface area contributed by atoms with E-state index in [0.717, 1.165) is 39.9 Å². The molecule has 0 aliphatic carbocycles. The second kappa shape index (κ2) is 9.60. The number of halogens is 1. The van der Waals surface area contributed by atoms with E-state index in [4.69, 9.17) is 16.0 Å². The van der Waals surface area contributed by atoms with Gasteiger partial charge in [0.25, 0.3) is 11.8 Å². The number of furan rings is 1. The Balaban J connectivity index is 1.16. The van der Waals surface area contributed by atoms with Crippen LogP contribution in [0, 0.1) is 6.92 Å². The first-order chi connectivity index (χ1) is 16.5. The molecule has 3 heterocycles. The molecule has 1 N–H and O–H groups in total. The van der Waals surface area contributed by atoms with Crippen LogP contribution >= 0.6 is 22.9 Å². The number of fused-ring (bicyclic) bond motifs is 1. The predicted octanol–water partition coefficient (Wildman–Crippen LogP) is 5.80. The van der Waals surface area contributed by atoms with Crippen molar-refractivity contribution in [1.82, 2.24) is 15.2 Å². The lowest BCUT2D eigenvalue weighted by molar-refractivity contribution is 0.0683. The Morgan fingerprint density at radius 2 is 1.97 bits per heavy atom. The highest BCUT2D eigenvalue weighted by Crippen LogP contribution is 2.31. The molecular weight excluding hydrogens is 470 g/mol. The van der Waals surface area contributed by atoms with Gasteiger partial charge < -0.3 is 14.6 Å². The highest BCUT2D eigenvalue weighted by Gasteiger charge is 2.28. The number of aryl methyl sites for hydroxylation is 1. The summed E-state index contributed by atoms with van der Waals surface area (Å²) >= 11 is 7.67. The number of likely N-dealkylation sites (tertiary alicyclic amines) is 1. The molecule has 1 fully saturated rings. The summed E-state index contributed by atoms with van der Waals surface area (Å²) < 4.78 is 5.74. The summed E-state index contributed by atoms with van der Waals surface area (Å²) in [6.07, 6.45) is 1.62. The Bertz CT molecular complexity index is 1320. The minimum atomic E-state index is -0.198. The summed E-state index contributed by atoms with van der Waals surface area (Å²) in [6, 6.07) is 15.2. The Hall–Kier alpha value is -3.16. The van der Waals surface area contributed by atoms with Crippen molar-refractivity contribution in [3.05, 3.63) is 86.5 Å². The van der Waals surface area contributed by atoms with Crippen LogP contribution in [-0.2, 0) is 6.54 Å². The summed E-state index contributed by atoms with van der Waals surface area (Å²) in [5, 5.41) is 7.28. The normalized spacial score (nSPS) is 14.5. The largest absolute Gasteiger partial charge is 0.451 e. The van der Waals surface area contributed by atoms with Crippen LogP contribution in [0.2, 0.25) is 5.02 Å². The summed E-state index contributed by atoms with van der Waals surface area (Å²) in [5.41, 5.74) is 3.10. The first-order valence-electron chi connectivity index (χ1n) is 11.2. The Kier molecular flexibility index (Phi) is 6.39. The predicted molar refractivity (Wildman–Crippen MR) is 134 cm³/mol. The van der Waals surface area contributed by atoms with Gasteiger partial charge in [0, 0.05) is 41.3 Å². The lowest BCUT2D eigenvalue weighted by Crippen LogP contribution is -2.37. The highest BCUT2D eigenvalue weighted by molar-refractivity contribution is 7.09. The number of aromatic nitrogens is 1. The number of piperidine rings is 1. The average Bonchev–Trinajstić information content (AvgIpc) is 3.52. The fraction of sp³-hybridized carbons (Fsp3) is 0.269. The maximum absolute atomic E-state index is 12.9. The lowest BCUT2D eigenvalue weighted by atomic mass is 9.97. The lowest BCUT2D eigenvalue weighted by Gasteiger charge is -2.30. The fourth-order valence-electron chi connectivity index (χ4n) is 4.17. The zero-order chi connectivity index (χ0) is 23.7. The molecule has 2 aromatic heterocycles. The smallest absolute Gasteiger partial charge is 0.289 e. The number of benzene rings is 2. The van der Waals surface area contributed by atoms with Crippen molar-refractivity contribution in [2.45, 2.75) is 32.2 Å². The number of nitrogens with zero attached hydrogens (tertiary/aromatic N) is 2. The van der Waals surface area contributed by atoms with Gasteiger partial charge in [-0.1, -0.05) is 41.9 Å². The van der Waals surface area contributed by atoms with Crippen LogP contribution in [-0.4, -0.2) is 34.8 Å². The Labute approximate surface area is 206 Å². The molecule has 0 bridgehead atoms. The van der Waals surface area contributed by atoms with E-state index < -0.39 is 0 Å². The summed E-state index contributed by atoms with van der Waals surface area (Å²) in [4.78, 5) is 31.9. The van der Waals surface area contributed by atoms with Gasteiger partial charge in [-0.15, -0.1) is 11.3 Å². The van der Waals surface area contributed by atoms with Crippen LogP contribution in [0.25, 0.3) is 11.0 Å². The molecule has 174 valence electrons. The van der Waals surface area contributed by atoms with Gasteiger partial charge in [-0.3, -0.25) is 9.59 Å². The molecule has 34 heavy (non-hydrogen) atoms. The van der Waals surface area contributed by atoms with Gasteiger partial charge in [0.1, 0.15) is 11.3 Å². The minimum Gasteiger partial charge on any atom is -0.451 e. The van der Waals surface area contributed by atoms with Crippen LogP contribution in [0.3, 0.4) is 0 Å². The van der Waals surface area contributed by atoms with E-state index in [0.29, 0.717) is 36.1 Å². The van der Waals surface area contributed by atoms with Crippen molar-refractivity contribution < 1.29 is 14.0 Å². The van der Waals surface area contributed by atoms with Gasteiger partial charge in [0.05, 0.1) is 5.01 Å². The number of rotatable bonds is 5. The van der Waals surface area contributed by atoms with E-state index in [9.17, 15) is 9.59 Å². The first-order valence-corrected chi connectivity index (χ1v) is 12.5. The van der Waals surface area contributed by atoms with Gasteiger partial charge in [-0.25, -0.2) is 4.98 Å². The molecule has 0 radical (unpaired) electrons. The third-order valence-corrected chi connectivity index (χ3v) is 7.63. The second-order valence-corrected chi connectivity index (χ2v) is 9.85. The van der Waals surface area contributed by atoms with Crippen molar-refractivity contribution in [3.8, 4) is 0 Å². The number of nitrogens with one attached hydrogen (secondary N) is 1. The van der Waals surface area contributed by atoms with Crippen LogP contribution in [0.5, 0.6) is 0 Å². The highest BCUT2D eigenvalue weighted by atomic mass is 35.5. The van der Waals surface area contributed by atoms with Crippen LogP contribution in [0.4, 0.5) is 0 Å². The van der Waals surface area contributed by atoms with Gasteiger partial charge in [0.2, 0.25) is 0 Å². The average molecular weight is 494 g/mol. The number of thiazole rings is 1. The molecule has 8 heteroatoms. The monoisotopic (exact) mass is 493 g/mol. The maximum atomic E-state index is 12.9. The van der Waals surface area contributed by atoms with Crippen molar-refractivity contribution >= 4 is 45.7 Å². The van der Waals surface area contributed by atoms with Crippen LogP contribution in [0.15, 0.2) is 58.3 Å². The molecule has 0 spiro atoms. The third kappa shape index (κ3) is 4.72. The van der Waals surface area contributed by atoms with Gasteiger partial charge in [0.15, 0.2) is 5.76 Å². The topological polar surface area (TPSA) is 75.4 Å². The van der Waals surface area contributed by atoms with E-state index in [2.05, 4.69) is 10.3 Å². The number of hydrogen-bond acceptors (Lipinski definition) is 5. The van der Waals surface area contributed by atoms with E-state index in [-0.39, 0.29) is 17.7 Å². The zero-order valence-corrected chi connectivity index (χ0v) is 20.3. The molecule has 0 unspecified atom stereocenters. The van der Waals surface area contributed by atoms with E-state index in [1.807, 2.05) is 54.3 Å². The first kappa shape index (κ1) is 22.6. The van der Waals surface area contributed by atoms with Crippen molar-refractivity contribution in [2.75, 3.05) is 13.1 Å². The molecule has 6 nitrogen and oxygen atoms in total. The number of amides is 2. The van der Waals surface area contributed by atoms with Crippen LogP contribution < -0.4 is 5.32 Å². The molecule has 1 aliphatic heterocycles. The number of para-hydroxylation sites is 1. The van der Waals surface area contributed by atoms with E-state index in [1.165, 1.54) is 11.3 Å². The van der Waals surface area contributed by atoms with Crippen molar-refractivity contribution in [1.29, 1.82) is 0 Å². The van der Waals surface area contributed by atoms with Gasteiger partial charge in [-0.2, -0.15) is 0 Å². The standard InChI is InChI=1S/C26H24ClN3O3S/c1-16-6-7-17(12-20(16)27)14-28-24(31)21-15-34-25(29-21)18-8-10-30(11-9-18)26(32)23-13-19-4-2-3-5-22(19)33-23/h2-7,12-13,15,18H,8-11,14H2,1H3,(H,28,31). The zero-order valence-electron chi connectivity index (χ0n) is 18.7. The Morgan fingerprint density at radius 1 is 1.18 bits per heavy atom. The summed E-state index contributed by atoms with van der Waals surface area (Å²) in [5.74, 6) is 0.339. The number of carbonyl (C=O) groups is 2. The molecule has 1 saturated heterocycles. The number of hydrogen-bond donors (Lipinski definition) is 1. The van der Waals surface area contributed by atoms with E-state index >= 15 is 0 Å². The molecule has 2 amide bonds. The van der Waals surface area contributed by atoms with Gasteiger partial charge >= 0.3 is 0 Å². The quantitative estimate of drug-likeness (QED) is 0.381. The summed E-state index contributed by atoms with van der Waals surface area (Å²) in [6.45, 7) is 3.61. The molecule has 5 rings (SSSR count). The van der Waals surface area contributed by atoms with Crippen molar-refractivity contribution in [2.24, 2.45) is 0 Å². The minimum absolute atomic E-state index is 0.0786. The number of carbonyl (C=O) groups excluding carboxylic acids is 2. The molecular formula is C26H24ClN3O3S. The SMILES string of the molecule is Cc1ccc(CNC(=O)c2csc(C3CCN(C(=O)c4cc5ccccc5o4)CC3)n2)cc1Cl. The van der Waals surface area contributed by atoms with Gasteiger partial charge in [-0.05, 0) is 49.1 Å². The van der Waals surface area contributed by atoms with Crippen molar-refractivity contribution in [3.63, 3.8) is 0 Å². The Morgan fingerprint density at radius 3 is 2.74 bits per heavy atom. The fourth-order valence-corrected chi connectivity index (χ4v) is 5.35.